The summed E-state index contributed by atoms with van der Waals surface area (Å²) in [5.41, 5.74) is 0. The van der Waals surface area contributed by atoms with E-state index in [0.717, 1.165) is 17.8 Å². The van der Waals surface area contributed by atoms with E-state index in [1.165, 1.54) is 32.1 Å². The third kappa shape index (κ3) is 1.89. The fourth-order valence-corrected chi connectivity index (χ4v) is 2.64. The van der Waals surface area contributed by atoms with Gasteiger partial charge in [0.15, 0.2) is 0 Å². The zero-order chi connectivity index (χ0) is 6.97. The van der Waals surface area contributed by atoms with Crippen molar-refractivity contribution in [2.24, 2.45) is 17.8 Å². The van der Waals surface area contributed by atoms with Gasteiger partial charge in [-0.1, -0.05) is 31.6 Å². The van der Waals surface area contributed by atoms with E-state index in [9.17, 15) is 0 Å². The number of rotatable bonds is 0. The van der Waals surface area contributed by atoms with Gasteiger partial charge in [-0.15, -0.1) is 0 Å². The van der Waals surface area contributed by atoms with Crippen LogP contribution in [0.5, 0.6) is 0 Å². The molecule has 0 aliphatic heterocycles. The van der Waals surface area contributed by atoms with E-state index in [-0.39, 0.29) is 21.1 Å². The van der Waals surface area contributed by atoms with Crippen LogP contribution in [0.4, 0.5) is 0 Å². The van der Waals surface area contributed by atoms with Gasteiger partial charge in [0.2, 0.25) is 0 Å². The van der Waals surface area contributed by atoms with Gasteiger partial charge in [0.1, 0.15) is 0 Å². The minimum atomic E-state index is 0. The van der Waals surface area contributed by atoms with Crippen LogP contribution in [0, 0.1) is 31.1 Å². The standard InChI is InChI=1S/C10H16.W/c1-8-4-2-5-9-6-3-7-10(8)9;/h7-10H,1-6H2;/q-2;+2. The van der Waals surface area contributed by atoms with Crippen LogP contribution in [-0.4, -0.2) is 0 Å². The summed E-state index contributed by atoms with van der Waals surface area (Å²) in [5, 5.41) is 0. The summed E-state index contributed by atoms with van der Waals surface area (Å²) in [6.07, 6.45) is 9.62. The molecule has 0 aromatic rings. The molecule has 3 unspecified atom stereocenters. The molecule has 1 heteroatoms. The maximum atomic E-state index is 4.21. The van der Waals surface area contributed by atoms with Crippen LogP contribution in [0.1, 0.15) is 32.1 Å². The minimum Gasteiger partial charge on any atom is -0.342 e. The van der Waals surface area contributed by atoms with Crippen molar-refractivity contribution in [3.63, 3.8) is 0 Å². The first-order valence-electron chi connectivity index (χ1n) is 4.54. The van der Waals surface area contributed by atoms with Crippen molar-refractivity contribution in [2.45, 2.75) is 32.1 Å². The number of fused-ring (bicyclic) bond motifs is 1. The number of hydrogen-bond donors (Lipinski definition) is 0. The van der Waals surface area contributed by atoms with Gasteiger partial charge >= 0.3 is 21.1 Å². The van der Waals surface area contributed by atoms with Crippen molar-refractivity contribution in [3.8, 4) is 0 Å². The molecule has 2 fully saturated rings. The van der Waals surface area contributed by atoms with E-state index < -0.39 is 0 Å². The Hall–Kier alpha value is 0.688. The summed E-state index contributed by atoms with van der Waals surface area (Å²) >= 11 is 0. The van der Waals surface area contributed by atoms with Gasteiger partial charge in [0.05, 0.1) is 0 Å². The van der Waals surface area contributed by atoms with Crippen molar-refractivity contribution in [2.75, 3.05) is 0 Å². The summed E-state index contributed by atoms with van der Waals surface area (Å²) in [6.45, 7) is 4.21. The molecule has 3 atom stereocenters. The smallest absolute Gasteiger partial charge is 0.342 e. The van der Waals surface area contributed by atoms with Crippen LogP contribution in [0.2, 0.25) is 0 Å². The summed E-state index contributed by atoms with van der Waals surface area (Å²) in [5.74, 6) is 2.67. The topological polar surface area (TPSA) is 0 Å². The van der Waals surface area contributed by atoms with E-state index in [0.29, 0.717) is 0 Å². The second-order valence-electron chi connectivity index (χ2n) is 3.84. The first kappa shape index (κ1) is 9.77. The van der Waals surface area contributed by atoms with Gasteiger partial charge in [-0.3, -0.25) is 0 Å². The molecule has 0 spiro atoms. The largest absolute Gasteiger partial charge is 2.00 e. The van der Waals surface area contributed by atoms with Crippen LogP contribution < -0.4 is 0 Å². The molecule has 2 rings (SSSR count). The number of hydrogen-bond acceptors (Lipinski definition) is 0. The van der Waals surface area contributed by atoms with Crippen molar-refractivity contribution in [1.82, 2.24) is 0 Å². The molecule has 2 aliphatic carbocycles. The van der Waals surface area contributed by atoms with Crippen molar-refractivity contribution < 1.29 is 21.1 Å². The molecule has 11 heavy (non-hydrogen) atoms. The maximum absolute atomic E-state index is 4.21. The van der Waals surface area contributed by atoms with Gasteiger partial charge in [-0.25, -0.2) is 0 Å². The molecule has 0 nitrogen and oxygen atoms in total. The first-order chi connectivity index (χ1) is 4.88. The van der Waals surface area contributed by atoms with E-state index in [4.69, 9.17) is 0 Å². The minimum absolute atomic E-state index is 0. The Morgan fingerprint density at radius 2 is 2.00 bits per heavy atom. The molecule has 2 aliphatic rings. The van der Waals surface area contributed by atoms with E-state index >= 15 is 0 Å². The Balaban J connectivity index is 0.000000605. The van der Waals surface area contributed by atoms with Gasteiger partial charge in [-0.05, 0) is 0 Å². The summed E-state index contributed by atoms with van der Waals surface area (Å²) in [6, 6.07) is 0. The van der Waals surface area contributed by atoms with E-state index in [1.807, 2.05) is 0 Å². The van der Waals surface area contributed by atoms with Crippen LogP contribution in [0.25, 0.3) is 0 Å². The molecule has 0 aromatic carbocycles. The van der Waals surface area contributed by atoms with E-state index in [1.54, 1.807) is 0 Å². The third-order valence-electron chi connectivity index (χ3n) is 3.21. The average molecular weight is 320 g/mol. The molecule has 0 N–H and O–H groups in total. The molecule has 2 saturated carbocycles. The molecule has 62 valence electrons. The second-order valence-corrected chi connectivity index (χ2v) is 3.84. The zero-order valence-corrected chi connectivity index (χ0v) is 9.89. The Kier molecular flexibility index (Phi) is 3.62. The quantitative estimate of drug-likeness (QED) is 0.602. The van der Waals surface area contributed by atoms with E-state index in [2.05, 4.69) is 13.3 Å². The Bertz CT molecular complexity index is 122. The fourth-order valence-electron chi connectivity index (χ4n) is 2.64. The fraction of sp³-hybridized carbons (Fsp3) is 0.800. The summed E-state index contributed by atoms with van der Waals surface area (Å²) in [7, 11) is 0. The Labute approximate surface area is 84.4 Å². The van der Waals surface area contributed by atoms with Gasteiger partial charge in [0, 0.05) is 0 Å². The first-order valence-corrected chi connectivity index (χ1v) is 4.54. The SMILES string of the molecule is [CH2-]C1CCCC2CC[CH-]C12.[W+2]. The average Bonchev–Trinajstić information content (AvgIpc) is 2.36. The predicted octanol–water partition coefficient (Wildman–Crippen LogP) is 2.85. The molecular formula is C10H16W. The molecule has 0 radical (unpaired) electrons. The Morgan fingerprint density at radius 1 is 1.18 bits per heavy atom. The van der Waals surface area contributed by atoms with Crippen LogP contribution >= 0.6 is 0 Å². The normalized spacial score (nSPS) is 42.8. The molecule has 0 aromatic heterocycles. The van der Waals surface area contributed by atoms with Crippen LogP contribution in [-0.2, 0) is 21.1 Å². The monoisotopic (exact) mass is 320 g/mol. The van der Waals surface area contributed by atoms with Crippen molar-refractivity contribution in [3.05, 3.63) is 13.3 Å². The summed E-state index contributed by atoms with van der Waals surface area (Å²) in [4.78, 5) is 0. The molecule has 0 heterocycles. The van der Waals surface area contributed by atoms with Crippen molar-refractivity contribution in [1.29, 1.82) is 0 Å². The maximum Gasteiger partial charge on any atom is 2.00 e. The molecular weight excluding hydrogens is 304 g/mol. The second kappa shape index (κ2) is 4.08. The van der Waals surface area contributed by atoms with Crippen LogP contribution in [0.3, 0.4) is 0 Å². The van der Waals surface area contributed by atoms with Crippen molar-refractivity contribution >= 4 is 0 Å². The third-order valence-corrected chi connectivity index (χ3v) is 3.21. The molecule has 0 amide bonds. The Morgan fingerprint density at radius 3 is 2.73 bits per heavy atom. The summed E-state index contributed by atoms with van der Waals surface area (Å²) < 4.78 is 0. The predicted molar refractivity (Wildman–Crippen MR) is 43.2 cm³/mol. The zero-order valence-electron chi connectivity index (χ0n) is 6.96. The molecule has 0 bridgehead atoms. The van der Waals surface area contributed by atoms with Gasteiger partial charge in [0.25, 0.3) is 0 Å². The van der Waals surface area contributed by atoms with Gasteiger partial charge < -0.3 is 13.3 Å². The van der Waals surface area contributed by atoms with Gasteiger partial charge in [-0.2, -0.15) is 18.3 Å². The molecule has 0 saturated heterocycles. The van der Waals surface area contributed by atoms with Crippen LogP contribution in [0.15, 0.2) is 0 Å².